The van der Waals surface area contributed by atoms with Crippen LogP contribution in [0.5, 0.6) is 0 Å². The Balaban J connectivity index is 2.06. The van der Waals surface area contributed by atoms with E-state index in [1.807, 2.05) is 30.3 Å². The molecule has 4 heteroatoms. The zero-order valence-electron chi connectivity index (χ0n) is 10.8. The number of halogens is 2. The van der Waals surface area contributed by atoms with Gasteiger partial charge in [0.25, 0.3) is 0 Å². The quantitative estimate of drug-likeness (QED) is 0.827. The zero-order chi connectivity index (χ0) is 13.7. The molecule has 0 spiro atoms. The van der Waals surface area contributed by atoms with Crippen LogP contribution in [-0.2, 0) is 13.1 Å². The fraction of sp³-hybridized carbons (Fsp3) is 0.267. The molecular formula is C15H16BrFN2. The van der Waals surface area contributed by atoms with Crippen molar-refractivity contribution in [1.29, 1.82) is 0 Å². The van der Waals surface area contributed by atoms with Crippen LogP contribution in [0, 0.1) is 5.82 Å². The summed E-state index contributed by atoms with van der Waals surface area (Å²) in [7, 11) is 0. The van der Waals surface area contributed by atoms with Crippen molar-refractivity contribution in [2.75, 3.05) is 6.54 Å². The van der Waals surface area contributed by atoms with Gasteiger partial charge in [-0.05, 0) is 30.8 Å². The molecule has 0 fully saturated rings. The number of hydrogen-bond acceptors (Lipinski definition) is 2. The van der Waals surface area contributed by atoms with E-state index < -0.39 is 0 Å². The van der Waals surface area contributed by atoms with Crippen LogP contribution in [0.2, 0.25) is 0 Å². The molecule has 0 N–H and O–H groups in total. The van der Waals surface area contributed by atoms with Crippen LogP contribution in [0.3, 0.4) is 0 Å². The minimum atomic E-state index is -0.172. The van der Waals surface area contributed by atoms with E-state index >= 15 is 0 Å². The molecule has 2 nitrogen and oxygen atoms in total. The molecule has 19 heavy (non-hydrogen) atoms. The van der Waals surface area contributed by atoms with E-state index in [2.05, 4.69) is 32.7 Å². The highest BCUT2D eigenvalue weighted by atomic mass is 79.9. The highest BCUT2D eigenvalue weighted by molar-refractivity contribution is 9.10. The Morgan fingerprint density at radius 1 is 1.21 bits per heavy atom. The Labute approximate surface area is 121 Å². The van der Waals surface area contributed by atoms with Gasteiger partial charge < -0.3 is 0 Å². The lowest BCUT2D eigenvalue weighted by atomic mass is 10.2. The summed E-state index contributed by atoms with van der Waals surface area (Å²) in [5, 5.41) is 0. The van der Waals surface area contributed by atoms with Gasteiger partial charge in [0.15, 0.2) is 0 Å². The molecule has 1 aromatic heterocycles. The first kappa shape index (κ1) is 14.2. The van der Waals surface area contributed by atoms with Crippen LogP contribution in [0.25, 0.3) is 0 Å². The van der Waals surface area contributed by atoms with Gasteiger partial charge in [-0.3, -0.25) is 9.88 Å². The summed E-state index contributed by atoms with van der Waals surface area (Å²) in [5.41, 5.74) is 1.71. The minimum Gasteiger partial charge on any atom is -0.293 e. The van der Waals surface area contributed by atoms with Gasteiger partial charge >= 0.3 is 0 Å². The third-order valence-electron chi connectivity index (χ3n) is 2.97. The summed E-state index contributed by atoms with van der Waals surface area (Å²) >= 11 is 3.27. The van der Waals surface area contributed by atoms with Gasteiger partial charge in [-0.2, -0.15) is 0 Å². The number of benzene rings is 1. The van der Waals surface area contributed by atoms with E-state index in [0.717, 1.165) is 23.3 Å². The maximum absolute atomic E-state index is 13.8. The number of pyridine rings is 1. The fourth-order valence-electron chi connectivity index (χ4n) is 1.89. The average Bonchev–Trinajstić information content (AvgIpc) is 2.42. The van der Waals surface area contributed by atoms with Crippen molar-refractivity contribution in [2.45, 2.75) is 20.0 Å². The standard InChI is InChI=1S/C15H16BrFN2/c1-2-19(11-14-5-3-4-8-18-14)10-12-6-7-13(16)9-15(12)17/h3-9H,2,10-11H2,1H3. The van der Waals surface area contributed by atoms with Gasteiger partial charge in [0.05, 0.1) is 5.69 Å². The monoisotopic (exact) mass is 322 g/mol. The van der Waals surface area contributed by atoms with Gasteiger partial charge in [-0.15, -0.1) is 0 Å². The molecule has 1 heterocycles. The third kappa shape index (κ3) is 4.11. The maximum atomic E-state index is 13.8. The Kier molecular flexibility index (Phi) is 5.05. The summed E-state index contributed by atoms with van der Waals surface area (Å²) in [6.45, 7) is 4.24. The zero-order valence-corrected chi connectivity index (χ0v) is 12.4. The molecule has 0 unspecified atom stereocenters. The van der Waals surface area contributed by atoms with E-state index in [1.54, 1.807) is 6.20 Å². The lowest BCUT2D eigenvalue weighted by molar-refractivity contribution is 0.264. The second-order valence-electron chi connectivity index (χ2n) is 4.36. The average molecular weight is 323 g/mol. The molecular weight excluding hydrogens is 307 g/mol. The van der Waals surface area contributed by atoms with Crippen molar-refractivity contribution in [3.63, 3.8) is 0 Å². The van der Waals surface area contributed by atoms with Gasteiger partial charge in [0, 0.05) is 29.3 Å². The van der Waals surface area contributed by atoms with Crippen molar-refractivity contribution in [3.05, 3.63) is 64.1 Å². The molecule has 0 saturated heterocycles. The first-order chi connectivity index (χ1) is 9.19. The van der Waals surface area contributed by atoms with Crippen molar-refractivity contribution in [1.82, 2.24) is 9.88 Å². The molecule has 2 aromatic rings. The van der Waals surface area contributed by atoms with E-state index in [0.29, 0.717) is 12.1 Å². The smallest absolute Gasteiger partial charge is 0.128 e. The predicted octanol–water partition coefficient (Wildman–Crippen LogP) is 4.01. The Bertz CT molecular complexity index is 531. The topological polar surface area (TPSA) is 16.1 Å². The number of rotatable bonds is 5. The molecule has 0 atom stereocenters. The summed E-state index contributed by atoms with van der Waals surface area (Å²) < 4.78 is 14.6. The summed E-state index contributed by atoms with van der Waals surface area (Å²) in [5.74, 6) is -0.172. The number of nitrogens with zero attached hydrogens (tertiary/aromatic N) is 2. The number of aromatic nitrogens is 1. The Hall–Kier alpha value is -1.26. The molecule has 0 amide bonds. The first-order valence-corrected chi connectivity index (χ1v) is 7.04. The molecule has 2 rings (SSSR count). The molecule has 100 valence electrons. The Morgan fingerprint density at radius 3 is 2.68 bits per heavy atom. The summed E-state index contributed by atoms with van der Waals surface area (Å²) in [4.78, 5) is 6.46. The molecule has 1 aromatic carbocycles. The summed E-state index contributed by atoms with van der Waals surface area (Å²) in [6, 6.07) is 11.0. The Morgan fingerprint density at radius 2 is 2.05 bits per heavy atom. The largest absolute Gasteiger partial charge is 0.293 e. The number of hydrogen-bond donors (Lipinski definition) is 0. The fourth-order valence-corrected chi connectivity index (χ4v) is 2.22. The van der Waals surface area contributed by atoms with Crippen LogP contribution in [0.1, 0.15) is 18.2 Å². The maximum Gasteiger partial charge on any atom is 0.128 e. The second-order valence-corrected chi connectivity index (χ2v) is 5.28. The van der Waals surface area contributed by atoms with Gasteiger partial charge in [-0.1, -0.05) is 35.0 Å². The second kappa shape index (κ2) is 6.78. The highest BCUT2D eigenvalue weighted by Gasteiger charge is 2.09. The van der Waals surface area contributed by atoms with E-state index in [-0.39, 0.29) is 5.82 Å². The normalized spacial score (nSPS) is 10.9. The lowest BCUT2D eigenvalue weighted by Crippen LogP contribution is -2.23. The van der Waals surface area contributed by atoms with E-state index in [9.17, 15) is 4.39 Å². The van der Waals surface area contributed by atoms with Gasteiger partial charge in [0.1, 0.15) is 5.82 Å². The van der Waals surface area contributed by atoms with Crippen molar-refractivity contribution in [2.24, 2.45) is 0 Å². The SMILES string of the molecule is CCN(Cc1ccccn1)Cc1ccc(Br)cc1F. The molecule has 0 radical (unpaired) electrons. The van der Waals surface area contributed by atoms with Crippen molar-refractivity contribution < 1.29 is 4.39 Å². The predicted molar refractivity (Wildman–Crippen MR) is 78.1 cm³/mol. The molecule has 0 aliphatic carbocycles. The van der Waals surface area contributed by atoms with E-state index in [4.69, 9.17) is 0 Å². The first-order valence-electron chi connectivity index (χ1n) is 6.25. The molecule has 0 bridgehead atoms. The lowest BCUT2D eigenvalue weighted by Gasteiger charge is -2.20. The van der Waals surface area contributed by atoms with Crippen molar-refractivity contribution >= 4 is 15.9 Å². The van der Waals surface area contributed by atoms with Crippen LogP contribution in [-0.4, -0.2) is 16.4 Å². The van der Waals surface area contributed by atoms with Crippen LogP contribution >= 0.6 is 15.9 Å². The summed E-state index contributed by atoms with van der Waals surface area (Å²) in [6.07, 6.45) is 1.78. The van der Waals surface area contributed by atoms with Crippen LogP contribution < -0.4 is 0 Å². The third-order valence-corrected chi connectivity index (χ3v) is 3.46. The van der Waals surface area contributed by atoms with Gasteiger partial charge in [0.2, 0.25) is 0 Å². The molecule has 0 saturated carbocycles. The van der Waals surface area contributed by atoms with Crippen LogP contribution in [0.15, 0.2) is 47.1 Å². The van der Waals surface area contributed by atoms with Crippen LogP contribution in [0.4, 0.5) is 4.39 Å². The highest BCUT2D eigenvalue weighted by Crippen LogP contribution is 2.17. The molecule has 0 aliphatic rings. The van der Waals surface area contributed by atoms with E-state index in [1.165, 1.54) is 6.07 Å². The molecule has 0 aliphatic heterocycles. The van der Waals surface area contributed by atoms with Gasteiger partial charge in [-0.25, -0.2) is 4.39 Å². The minimum absolute atomic E-state index is 0.172. The van der Waals surface area contributed by atoms with Crippen molar-refractivity contribution in [3.8, 4) is 0 Å².